The number of nitrogens with one attached hydrogen (secondary N) is 1. The molecule has 0 radical (unpaired) electrons. The van der Waals surface area contributed by atoms with Crippen LogP contribution in [0, 0.1) is 0 Å². The minimum Gasteiger partial charge on any atom is -0.496 e. The normalized spacial score (nSPS) is 11.3. The van der Waals surface area contributed by atoms with Gasteiger partial charge in [0.2, 0.25) is 0 Å². The summed E-state index contributed by atoms with van der Waals surface area (Å²) in [6.45, 7) is 2.01. The maximum absolute atomic E-state index is 12.6. The highest BCUT2D eigenvalue weighted by Gasteiger charge is 2.20. The van der Waals surface area contributed by atoms with Crippen molar-refractivity contribution < 1.29 is 17.7 Å². The molecule has 0 saturated heterocycles. The lowest BCUT2D eigenvalue weighted by Gasteiger charge is -2.10. The van der Waals surface area contributed by atoms with Crippen molar-refractivity contribution in [2.24, 2.45) is 0 Å². The first-order chi connectivity index (χ1) is 12.5. The summed E-state index contributed by atoms with van der Waals surface area (Å²) in [5.74, 6) is 1.21. The number of benzene rings is 1. The second kappa shape index (κ2) is 7.52. The minimum absolute atomic E-state index is 0.0485. The summed E-state index contributed by atoms with van der Waals surface area (Å²) < 4.78 is 38.3. The number of aryl methyl sites for hydroxylation is 1. The van der Waals surface area contributed by atoms with Crippen LogP contribution < -0.4 is 9.46 Å². The standard InChI is InChI=1S/C17H18N4O4S/c1-3-5-16-19-17(25-20-16)14-10-13(7-8-15(14)24-2)26(22,23)21-12-6-4-9-18-11-12/h4,6-11,21H,3,5H2,1-2H3. The van der Waals surface area contributed by atoms with Crippen LogP contribution >= 0.6 is 0 Å². The Morgan fingerprint density at radius 3 is 2.81 bits per heavy atom. The number of ether oxygens (including phenoxy) is 1. The van der Waals surface area contributed by atoms with E-state index in [-0.39, 0.29) is 10.8 Å². The van der Waals surface area contributed by atoms with Crippen LogP contribution in [-0.2, 0) is 16.4 Å². The molecule has 0 aliphatic carbocycles. The van der Waals surface area contributed by atoms with E-state index in [2.05, 4.69) is 19.8 Å². The molecule has 0 fully saturated rings. The van der Waals surface area contributed by atoms with Gasteiger partial charge in [0.1, 0.15) is 5.75 Å². The van der Waals surface area contributed by atoms with Crippen LogP contribution in [0.4, 0.5) is 5.69 Å². The summed E-state index contributed by atoms with van der Waals surface area (Å²) in [5.41, 5.74) is 0.782. The molecule has 3 aromatic rings. The number of hydrogen-bond donors (Lipinski definition) is 1. The smallest absolute Gasteiger partial charge is 0.261 e. The highest BCUT2D eigenvalue weighted by atomic mass is 32.2. The zero-order valence-electron chi connectivity index (χ0n) is 14.3. The first-order valence-corrected chi connectivity index (χ1v) is 9.45. The van der Waals surface area contributed by atoms with Gasteiger partial charge in [-0.05, 0) is 36.8 Å². The molecule has 0 amide bonds. The Balaban J connectivity index is 1.98. The highest BCUT2D eigenvalue weighted by molar-refractivity contribution is 7.92. The van der Waals surface area contributed by atoms with Crippen molar-refractivity contribution in [2.45, 2.75) is 24.7 Å². The van der Waals surface area contributed by atoms with E-state index in [1.165, 1.54) is 25.4 Å². The number of pyridine rings is 1. The fourth-order valence-corrected chi connectivity index (χ4v) is 3.42. The van der Waals surface area contributed by atoms with Gasteiger partial charge in [-0.25, -0.2) is 8.42 Å². The van der Waals surface area contributed by atoms with Gasteiger partial charge in [-0.15, -0.1) is 0 Å². The Morgan fingerprint density at radius 2 is 2.12 bits per heavy atom. The Kier molecular flexibility index (Phi) is 5.17. The lowest BCUT2D eigenvalue weighted by molar-refractivity contribution is 0.402. The zero-order chi connectivity index (χ0) is 18.6. The number of sulfonamides is 1. The molecule has 3 rings (SSSR count). The van der Waals surface area contributed by atoms with Crippen LogP contribution in [0.1, 0.15) is 19.2 Å². The predicted octanol–water partition coefficient (Wildman–Crippen LogP) is 2.89. The van der Waals surface area contributed by atoms with E-state index in [1.807, 2.05) is 6.92 Å². The molecule has 0 aliphatic heterocycles. The lowest BCUT2D eigenvalue weighted by atomic mass is 10.2. The molecule has 2 heterocycles. The number of methoxy groups -OCH3 is 1. The highest BCUT2D eigenvalue weighted by Crippen LogP contribution is 2.31. The van der Waals surface area contributed by atoms with Gasteiger partial charge in [0.05, 0.1) is 29.5 Å². The van der Waals surface area contributed by atoms with E-state index in [9.17, 15) is 8.42 Å². The van der Waals surface area contributed by atoms with Crippen LogP contribution in [0.2, 0.25) is 0 Å². The van der Waals surface area contributed by atoms with Crippen molar-refractivity contribution in [1.82, 2.24) is 15.1 Å². The van der Waals surface area contributed by atoms with Gasteiger partial charge >= 0.3 is 0 Å². The molecule has 1 N–H and O–H groups in total. The molecular formula is C17H18N4O4S. The molecule has 1 aromatic carbocycles. The molecule has 0 bridgehead atoms. The van der Waals surface area contributed by atoms with Crippen molar-refractivity contribution in [3.05, 3.63) is 48.5 Å². The molecule has 9 heteroatoms. The van der Waals surface area contributed by atoms with Crippen molar-refractivity contribution in [3.8, 4) is 17.2 Å². The summed E-state index contributed by atoms with van der Waals surface area (Å²) in [6.07, 6.45) is 4.54. The summed E-state index contributed by atoms with van der Waals surface area (Å²) in [4.78, 5) is 8.25. The van der Waals surface area contributed by atoms with E-state index in [0.717, 1.165) is 6.42 Å². The summed E-state index contributed by atoms with van der Waals surface area (Å²) in [5, 5.41) is 3.90. The first kappa shape index (κ1) is 17.9. The average Bonchev–Trinajstić information content (AvgIpc) is 3.10. The molecule has 0 spiro atoms. The predicted molar refractivity (Wildman–Crippen MR) is 95.3 cm³/mol. The van der Waals surface area contributed by atoms with E-state index in [0.29, 0.717) is 29.2 Å². The number of hydrogen-bond acceptors (Lipinski definition) is 7. The maximum Gasteiger partial charge on any atom is 0.261 e. The third kappa shape index (κ3) is 3.83. The van der Waals surface area contributed by atoms with Gasteiger partial charge in [-0.1, -0.05) is 12.1 Å². The van der Waals surface area contributed by atoms with E-state index in [1.54, 1.807) is 24.4 Å². The van der Waals surface area contributed by atoms with Crippen LogP contribution in [0.5, 0.6) is 5.75 Å². The number of aromatic nitrogens is 3. The van der Waals surface area contributed by atoms with E-state index in [4.69, 9.17) is 9.26 Å². The van der Waals surface area contributed by atoms with E-state index >= 15 is 0 Å². The zero-order valence-corrected chi connectivity index (χ0v) is 15.2. The van der Waals surface area contributed by atoms with Crippen molar-refractivity contribution >= 4 is 15.7 Å². The Hall–Kier alpha value is -2.94. The van der Waals surface area contributed by atoms with Crippen LogP contribution in [0.15, 0.2) is 52.1 Å². The number of rotatable bonds is 7. The maximum atomic E-state index is 12.6. The fraction of sp³-hybridized carbons (Fsp3) is 0.235. The Morgan fingerprint density at radius 1 is 1.27 bits per heavy atom. The Bertz CT molecular complexity index is 987. The number of nitrogens with zero attached hydrogens (tertiary/aromatic N) is 3. The van der Waals surface area contributed by atoms with Crippen molar-refractivity contribution in [3.63, 3.8) is 0 Å². The van der Waals surface area contributed by atoms with Gasteiger partial charge in [0.25, 0.3) is 15.9 Å². The third-order valence-electron chi connectivity index (χ3n) is 3.57. The summed E-state index contributed by atoms with van der Waals surface area (Å²) >= 11 is 0. The lowest BCUT2D eigenvalue weighted by Crippen LogP contribution is -2.13. The van der Waals surface area contributed by atoms with Crippen molar-refractivity contribution in [1.29, 1.82) is 0 Å². The molecular weight excluding hydrogens is 356 g/mol. The fourth-order valence-electron chi connectivity index (χ4n) is 2.35. The molecule has 26 heavy (non-hydrogen) atoms. The van der Waals surface area contributed by atoms with Gasteiger partial charge in [-0.2, -0.15) is 4.98 Å². The molecule has 136 valence electrons. The topological polar surface area (TPSA) is 107 Å². The Labute approximate surface area is 151 Å². The summed E-state index contributed by atoms with van der Waals surface area (Å²) in [7, 11) is -2.32. The van der Waals surface area contributed by atoms with E-state index < -0.39 is 10.0 Å². The molecule has 8 nitrogen and oxygen atoms in total. The van der Waals surface area contributed by atoms with Gasteiger partial charge < -0.3 is 9.26 Å². The van der Waals surface area contributed by atoms with Gasteiger partial charge in [0, 0.05) is 12.6 Å². The van der Waals surface area contributed by atoms with Crippen LogP contribution in [-0.4, -0.2) is 30.7 Å². The molecule has 2 aromatic heterocycles. The molecule has 0 aliphatic rings. The van der Waals surface area contributed by atoms with Crippen molar-refractivity contribution in [2.75, 3.05) is 11.8 Å². The van der Waals surface area contributed by atoms with Gasteiger partial charge in [0.15, 0.2) is 5.82 Å². The second-order valence-electron chi connectivity index (χ2n) is 5.48. The molecule has 0 unspecified atom stereocenters. The van der Waals surface area contributed by atoms with Crippen LogP contribution in [0.25, 0.3) is 11.5 Å². The SMILES string of the molecule is CCCc1noc(-c2cc(S(=O)(=O)Nc3cccnc3)ccc2OC)n1. The summed E-state index contributed by atoms with van der Waals surface area (Å²) in [6, 6.07) is 7.71. The second-order valence-corrected chi connectivity index (χ2v) is 7.16. The first-order valence-electron chi connectivity index (χ1n) is 7.97. The number of anilines is 1. The largest absolute Gasteiger partial charge is 0.496 e. The molecule has 0 saturated carbocycles. The molecule has 0 atom stereocenters. The van der Waals surface area contributed by atoms with Gasteiger partial charge in [-0.3, -0.25) is 9.71 Å². The quantitative estimate of drug-likeness (QED) is 0.677. The third-order valence-corrected chi connectivity index (χ3v) is 4.95. The minimum atomic E-state index is -3.81. The monoisotopic (exact) mass is 374 g/mol. The average molecular weight is 374 g/mol. The van der Waals surface area contributed by atoms with Crippen LogP contribution in [0.3, 0.4) is 0 Å².